The zero-order chi connectivity index (χ0) is 22.9. The van der Waals surface area contributed by atoms with Crippen molar-refractivity contribution in [3.05, 3.63) is 89.7 Å². The van der Waals surface area contributed by atoms with Crippen molar-refractivity contribution in [2.45, 2.75) is 24.8 Å². The number of aryl methyl sites for hydroxylation is 2. The fraction of sp³-hybridized carbons (Fsp3) is 0.167. The molecule has 32 heavy (non-hydrogen) atoms. The number of amides is 1. The van der Waals surface area contributed by atoms with Gasteiger partial charge in [-0.15, -0.1) is 0 Å². The summed E-state index contributed by atoms with van der Waals surface area (Å²) in [6, 6.07) is 21.0. The van der Waals surface area contributed by atoms with Crippen LogP contribution in [0.2, 0.25) is 0 Å². The molecular weight excluding hydrogens is 424 g/mol. The van der Waals surface area contributed by atoms with Crippen LogP contribution >= 0.6 is 0 Å². The van der Waals surface area contributed by atoms with Crippen LogP contribution in [-0.2, 0) is 21.9 Å². The zero-order valence-electron chi connectivity index (χ0n) is 18.0. The predicted octanol–water partition coefficient (Wildman–Crippen LogP) is 3.91. The second kappa shape index (κ2) is 8.57. The minimum atomic E-state index is -3.94. The van der Waals surface area contributed by atoms with Gasteiger partial charge in [0.15, 0.2) is 0 Å². The van der Waals surface area contributed by atoms with Gasteiger partial charge in [0.2, 0.25) is 15.9 Å². The molecule has 1 unspecified atom stereocenters. The van der Waals surface area contributed by atoms with Crippen LogP contribution < -0.4 is 10.0 Å². The van der Waals surface area contributed by atoms with E-state index in [9.17, 15) is 13.2 Å². The van der Waals surface area contributed by atoms with E-state index in [1.165, 1.54) is 19.1 Å². The number of hydrogen-bond acceptors (Lipinski definition) is 4. The normalized spacial score (nSPS) is 12.6. The molecule has 3 aromatic carbocycles. The van der Waals surface area contributed by atoms with Gasteiger partial charge in [-0.3, -0.25) is 4.79 Å². The third-order valence-electron chi connectivity index (χ3n) is 5.32. The number of hydrogen-bond donors (Lipinski definition) is 2. The zero-order valence-corrected chi connectivity index (χ0v) is 18.8. The summed E-state index contributed by atoms with van der Waals surface area (Å²) in [5, 5.41) is 2.68. The van der Waals surface area contributed by atoms with E-state index in [0.29, 0.717) is 11.5 Å². The van der Waals surface area contributed by atoms with Crippen molar-refractivity contribution in [1.29, 1.82) is 0 Å². The van der Waals surface area contributed by atoms with E-state index >= 15 is 0 Å². The maximum Gasteiger partial charge on any atom is 0.241 e. The first kappa shape index (κ1) is 21.7. The molecule has 0 aliphatic carbocycles. The number of carbonyl (C=O) groups is 1. The van der Waals surface area contributed by atoms with Gasteiger partial charge in [0.1, 0.15) is 11.9 Å². The van der Waals surface area contributed by atoms with Crippen molar-refractivity contribution in [3.8, 4) is 0 Å². The summed E-state index contributed by atoms with van der Waals surface area (Å²) in [7, 11) is -2.07. The van der Waals surface area contributed by atoms with Gasteiger partial charge in [-0.1, -0.05) is 48.5 Å². The first-order valence-electron chi connectivity index (χ1n) is 10.1. The number of imidazole rings is 1. The van der Waals surface area contributed by atoms with Crippen LogP contribution in [0.1, 0.15) is 29.9 Å². The molecule has 4 aromatic rings. The third kappa shape index (κ3) is 4.28. The Balaban J connectivity index is 1.79. The second-order valence-corrected chi connectivity index (χ2v) is 9.35. The maximum absolute atomic E-state index is 13.4. The summed E-state index contributed by atoms with van der Waals surface area (Å²) in [5.41, 5.74) is 3.69. The molecule has 0 radical (unpaired) electrons. The topological polar surface area (TPSA) is 93.1 Å². The molecule has 2 N–H and O–H groups in total. The Morgan fingerprint density at radius 1 is 1.00 bits per heavy atom. The molecule has 0 spiro atoms. The fourth-order valence-electron chi connectivity index (χ4n) is 3.65. The van der Waals surface area contributed by atoms with Crippen LogP contribution in [0.4, 0.5) is 5.69 Å². The molecular formula is C24H24N4O3S. The second-order valence-electron chi connectivity index (χ2n) is 7.64. The van der Waals surface area contributed by atoms with Crippen molar-refractivity contribution < 1.29 is 13.2 Å². The van der Waals surface area contributed by atoms with Crippen molar-refractivity contribution in [1.82, 2.24) is 14.3 Å². The molecule has 1 heterocycles. The van der Waals surface area contributed by atoms with E-state index in [1.54, 1.807) is 13.0 Å². The molecule has 0 saturated heterocycles. The number of aromatic nitrogens is 2. The highest BCUT2D eigenvalue weighted by molar-refractivity contribution is 7.89. The number of nitrogens with one attached hydrogen (secondary N) is 2. The summed E-state index contributed by atoms with van der Waals surface area (Å²) >= 11 is 0. The standard InChI is InChI=1S/C24H24N4O3S/c1-16-13-14-19(15-21(16)25-17(2)29)32(30,31)27-23(18-9-5-4-6-10-18)24-26-20-11-7-8-12-22(20)28(24)3/h4-15,23,27H,1-3H3,(H,25,29). The number of carbonyl (C=O) groups excluding carboxylic acids is 1. The quantitative estimate of drug-likeness (QED) is 0.468. The average Bonchev–Trinajstić information content (AvgIpc) is 3.10. The van der Waals surface area contributed by atoms with Crippen LogP contribution in [0.5, 0.6) is 0 Å². The summed E-state index contributed by atoms with van der Waals surface area (Å²) in [4.78, 5) is 16.3. The van der Waals surface area contributed by atoms with Crippen LogP contribution in [-0.4, -0.2) is 23.9 Å². The molecule has 0 saturated carbocycles. The Morgan fingerprint density at radius 3 is 2.38 bits per heavy atom. The van der Waals surface area contributed by atoms with Gasteiger partial charge in [0, 0.05) is 19.7 Å². The van der Waals surface area contributed by atoms with E-state index < -0.39 is 16.1 Å². The lowest BCUT2D eigenvalue weighted by molar-refractivity contribution is -0.114. The largest absolute Gasteiger partial charge is 0.329 e. The molecule has 0 bridgehead atoms. The number of rotatable bonds is 6. The molecule has 0 fully saturated rings. The van der Waals surface area contributed by atoms with Crippen molar-refractivity contribution in [2.24, 2.45) is 7.05 Å². The first-order chi connectivity index (χ1) is 15.3. The van der Waals surface area contributed by atoms with Gasteiger partial charge in [0.05, 0.1) is 15.9 Å². The number of para-hydroxylation sites is 2. The van der Waals surface area contributed by atoms with Gasteiger partial charge in [-0.05, 0) is 42.3 Å². The SMILES string of the molecule is CC(=O)Nc1cc(S(=O)(=O)NC(c2ccccc2)c2nc3ccccc3n2C)ccc1C. The van der Waals surface area contributed by atoms with E-state index in [4.69, 9.17) is 4.98 Å². The van der Waals surface area contributed by atoms with Gasteiger partial charge in [-0.25, -0.2) is 13.4 Å². The molecule has 8 heteroatoms. The average molecular weight is 449 g/mol. The number of nitrogens with zero attached hydrogens (tertiary/aromatic N) is 2. The van der Waals surface area contributed by atoms with Crippen LogP contribution in [0, 0.1) is 6.92 Å². The Hall–Kier alpha value is -3.49. The highest BCUT2D eigenvalue weighted by Crippen LogP contribution is 2.28. The summed E-state index contributed by atoms with van der Waals surface area (Å²) in [6.45, 7) is 3.19. The minimum Gasteiger partial charge on any atom is -0.329 e. The molecule has 164 valence electrons. The fourth-order valence-corrected chi connectivity index (χ4v) is 4.86. The molecule has 1 aromatic heterocycles. The highest BCUT2D eigenvalue weighted by Gasteiger charge is 2.27. The number of sulfonamides is 1. The minimum absolute atomic E-state index is 0.0616. The molecule has 1 atom stereocenters. The Kier molecular flexibility index (Phi) is 5.82. The lowest BCUT2D eigenvalue weighted by atomic mass is 10.1. The Morgan fingerprint density at radius 2 is 1.69 bits per heavy atom. The monoisotopic (exact) mass is 448 g/mol. The Bertz CT molecular complexity index is 1400. The smallest absolute Gasteiger partial charge is 0.241 e. The molecule has 0 aliphatic heterocycles. The van der Waals surface area contributed by atoms with Crippen molar-refractivity contribution >= 4 is 32.7 Å². The lowest BCUT2D eigenvalue weighted by Gasteiger charge is -2.20. The van der Waals surface area contributed by atoms with Gasteiger partial charge in [-0.2, -0.15) is 4.72 Å². The van der Waals surface area contributed by atoms with E-state index in [-0.39, 0.29) is 10.8 Å². The van der Waals surface area contributed by atoms with E-state index in [1.807, 2.05) is 66.2 Å². The number of fused-ring (bicyclic) bond motifs is 1. The Labute approximate surface area is 187 Å². The van der Waals surface area contributed by atoms with Crippen LogP contribution in [0.25, 0.3) is 11.0 Å². The number of anilines is 1. The van der Waals surface area contributed by atoms with Crippen molar-refractivity contribution in [3.63, 3.8) is 0 Å². The van der Waals surface area contributed by atoms with E-state index in [0.717, 1.165) is 22.2 Å². The summed E-state index contributed by atoms with van der Waals surface area (Å²) < 4.78 is 31.5. The third-order valence-corrected chi connectivity index (χ3v) is 6.74. The van der Waals surface area contributed by atoms with Crippen LogP contribution in [0.15, 0.2) is 77.7 Å². The van der Waals surface area contributed by atoms with Gasteiger partial charge >= 0.3 is 0 Å². The van der Waals surface area contributed by atoms with E-state index in [2.05, 4.69) is 10.0 Å². The molecule has 4 rings (SSSR count). The highest BCUT2D eigenvalue weighted by atomic mass is 32.2. The maximum atomic E-state index is 13.4. The molecule has 1 amide bonds. The van der Waals surface area contributed by atoms with Crippen molar-refractivity contribution in [2.75, 3.05) is 5.32 Å². The summed E-state index contributed by atoms with van der Waals surface area (Å²) in [6.07, 6.45) is 0. The van der Waals surface area contributed by atoms with Gasteiger partial charge < -0.3 is 9.88 Å². The molecule has 7 nitrogen and oxygen atoms in total. The van der Waals surface area contributed by atoms with Crippen LogP contribution in [0.3, 0.4) is 0 Å². The lowest BCUT2D eigenvalue weighted by Crippen LogP contribution is -2.31. The molecule has 0 aliphatic rings. The van der Waals surface area contributed by atoms with Gasteiger partial charge in [0.25, 0.3) is 0 Å². The number of benzene rings is 3. The first-order valence-corrected chi connectivity index (χ1v) is 11.6. The predicted molar refractivity (Wildman–Crippen MR) is 125 cm³/mol. The summed E-state index contributed by atoms with van der Waals surface area (Å²) in [5.74, 6) is 0.313.